The summed E-state index contributed by atoms with van der Waals surface area (Å²) in [6, 6.07) is 14.6. The summed E-state index contributed by atoms with van der Waals surface area (Å²) in [5, 5.41) is 8.12. The zero-order valence-electron chi connectivity index (χ0n) is 16.0. The average Bonchev–Trinajstić information content (AvgIpc) is 3.47. The van der Waals surface area contributed by atoms with E-state index < -0.39 is 0 Å². The number of amides is 2. The fraction of sp³-hybridized carbons (Fsp3) is 0.261. The molecule has 1 aliphatic rings. The highest BCUT2D eigenvalue weighted by molar-refractivity contribution is 7.10. The third kappa shape index (κ3) is 4.71. The van der Waals surface area contributed by atoms with Crippen molar-refractivity contribution in [3.63, 3.8) is 0 Å². The van der Waals surface area contributed by atoms with Crippen LogP contribution in [0.4, 0.5) is 5.69 Å². The number of pyridine rings is 1. The lowest BCUT2D eigenvalue weighted by atomic mass is 9.96. The van der Waals surface area contributed by atoms with Gasteiger partial charge in [-0.05, 0) is 60.5 Å². The first-order valence-electron chi connectivity index (χ1n) is 9.86. The molecular weight excluding hydrogens is 382 g/mol. The van der Waals surface area contributed by atoms with Crippen molar-refractivity contribution in [3.8, 4) is 0 Å². The molecule has 148 valence electrons. The molecule has 1 aliphatic carbocycles. The van der Waals surface area contributed by atoms with Crippen molar-refractivity contribution in [2.45, 2.75) is 31.7 Å². The van der Waals surface area contributed by atoms with Crippen molar-refractivity contribution < 1.29 is 9.59 Å². The molecule has 2 amide bonds. The topological polar surface area (TPSA) is 71.1 Å². The van der Waals surface area contributed by atoms with Crippen LogP contribution >= 0.6 is 11.3 Å². The number of aromatic nitrogens is 1. The summed E-state index contributed by atoms with van der Waals surface area (Å²) in [6.07, 6.45) is 7.86. The molecule has 1 atom stereocenters. The van der Waals surface area contributed by atoms with Gasteiger partial charge >= 0.3 is 0 Å². The number of carbonyl (C=O) groups is 2. The Kier molecular flexibility index (Phi) is 6.00. The molecule has 1 fully saturated rings. The Morgan fingerprint density at radius 3 is 2.55 bits per heavy atom. The van der Waals surface area contributed by atoms with Crippen molar-refractivity contribution in [1.29, 1.82) is 0 Å². The van der Waals surface area contributed by atoms with Gasteiger partial charge in [0, 0.05) is 28.5 Å². The SMILES string of the molecule is O=C(Nc1cccc(C(=O)NC(c2cccs2)C2CCCC2)c1)c1cccnc1. The Morgan fingerprint density at radius 1 is 1.00 bits per heavy atom. The third-order valence-electron chi connectivity index (χ3n) is 5.31. The summed E-state index contributed by atoms with van der Waals surface area (Å²) < 4.78 is 0. The Balaban J connectivity index is 1.48. The van der Waals surface area contributed by atoms with Crippen LogP contribution in [0.2, 0.25) is 0 Å². The molecule has 3 aromatic rings. The van der Waals surface area contributed by atoms with Crippen LogP contribution in [0, 0.1) is 5.92 Å². The molecule has 1 unspecified atom stereocenters. The first-order valence-corrected chi connectivity index (χ1v) is 10.7. The van der Waals surface area contributed by atoms with Crippen LogP contribution in [0.5, 0.6) is 0 Å². The van der Waals surface area contributed by atoms with Gasteiger partial charge in [-0.3, -0.25) is 14.6 Å². The van der Waals surface area contributed by atoms with Gasteiger partial charge in [0.05, 0.1) is 11.6 Å². The lowest BCUT2D eigenvalue weighted by Gasteiger charge is -2.24. The zero-order valence-corrected chi connectivity index (χ0v) is 16.8. The minimum atomic E-state index is -0.252. The van der Waals surface area contributed by atoms with Gasteiger partial charge in [-0.15, -0.1) is 11.3 Å². The predicted molar refractivity (Wildman–Crippen MR) is 115 cm³/mol. The van der Waals surface area contributed by atoms with E-state index in [9.17, 15) is 9.59 Å². The second kappa shape index (κ2) is 9.01. The highest BCUT2D eigenvalue weighted by atomic mass is 32.1. The molecule has 1 saturated carbocycles. The standard InChI is InChI=1S/C23H23N3O2S/c27-22(26-21(16-6-1-2-7-16)20-11-5-13-29-20)17-8-3-10-19(14-17)25-23(28)18-9-4-12-24-15-18/h3-5,8-16,21H,1-2,6-7H2,(H,25,28)(H,26,27). The molecule has 0 radical (unpaired) electrons. The van der Waals surface area contributed by atoms with E-state index in [-0.39, 0.29) is 17.9 Å². The van der Waals surface area contributed by atoms with Crippen LogP contribution in [-0.2, 0) is 0 Å². The Labute approximate surface area is 174 Å². The van der Waals surface area contributed by atoms with E-state index in [1.54, 1.807) is 53.9 Å². The Hall–Kier alpha value is -2.99. The largest absolute Gasteiger partial charge is 0.344 e. The first-order chi connectivity index (χ1) is 14.2. The molecular formula is C23H23N3O2S. The molecule has 29 heavy (non-hydrogen) atoms. The van der Waals surface area contributed by atoms with Gasteiger partial charge in [0.2, 0.25) is 0 Å². The molecule has 0 aliphatic heterocycles. The van der Waals surface area contributed by atoms with E-state index in [2.05, 4.69) is 27.1 Å². The second-order valence-corrected chi connectivity index (χ2v) is 8.27. The molecule has 0 spiro atoms. The van der Waals surface area contributed by atoms with E-state index in [4.69, 9.17) is 0 Å². The maximum atomic E-state index is 13.0. The molecule has 0 bridgehead atoms. The molecule has 0 saturated heterocycles. The number of nitrogens with one attached hydrogen (secondary N) is 2. The Bertz CT molecular complexity index is 967. The van der Waals surface area contributed by atoms with E-state index in [1.807, 2.05) is 6.07 Å². The van der Waals surface area contributed by atoms with Crippen molar-refractivity contribution in [1.82, 2.24) is 10.3 Å². The van der Waals surface area contributed by atoms with Crippen LogP contribution in [-0.4, -0.2) is 16.8 Å². The maximum absolute atomic E-state index is 13.0. The summed E-state index contributed by atoms with van der Waals surface area (Å²) in [5.74, 6) is 0.108. The second-order valence-electron chi connectivity index (χ2n) is 7.29. The van der Waals surface area contributed by atoms with Crippen molar-refractivity contribution in [2.75, 3.05) is 5.32 Å². The van der Waals surface area contributed by atoms with Gasteiger partial charge < -0.3 is 10.6 Å². The molecule has 2 heterocycles. The normalized spacial score (nSPS) is 15.0. The lowest BCUT2D eigenvalue weighted by molar-refractivity contribution is 0.0922. The predicted octanol–water partition coefficient (Wildman–Crippen LogP) is 5.06. The number of thiophene rings is 1. The number of hydrogen-bond donors (Lipinski definition) is 2. The average molecular weight is 406 g/mol. The van der Waals surface area contributed by atoms with Gasteiger partial charge in [0.25, 0.3) is 11.8 Å². The summed E-state index contributed by atoms with van der Waals surface area (Å²) >= 11 is 1.69. The Morgan fingerprint density at radius 2 is 1.83 bits per heavy atom. The molecule has 2 N–H and O–H groups in total. The van der Waals surface area contributed by atoms with Crippen LogP contribution in [0.25, 0.3) is 0 Å². The van der Waals surface area contributed by atoms with Crippen molar-refractivity contribution >= 4 is 28.8 Å². The number of anilines is 1. The van der Waals surface area contributed by atoms with Gasteiger partial charge in [0.1, 0.15) is 0 Å². The van der Waals surface area contributed by atoms with Crippen molar-refractivity contribution in [2.24, 2.45) is 5.92 Å². The van der Waals surface area contributed by atoms with Crippen LogP contribution in [0.1, 0.15) is 57.3 Å². The number of benzene rings is 1. The van der Waals surface area contributed by atoms with Gasteiger partial charge in [-0.2, -0.15) is 0 Å². The first kappa shape index (κ1) is 19.3. The summed E-state index contributed by atoms with van der Waals surface area (Å²) in [7, 11) is 0. The van der Waals surface area contributed by atoms with Crippen LogP contribution < -0.4 is 10.6 Å². The van der Waals surface area contributed by atoms with E-state index in [1.165, 1.54) is 23.9 Å². The molecule has 1 aromatic carbocycles. The minimum absolute atomic E-state index is 0.0404. The van der Waals surface area contributed by atoms with Gasteiger partial charge in [0.15, 0.2) is 0 Å². The number of nitrogens with zero attached hydrogens (tertiary/aromatic N) is 1. The van der Waals surface area contributed by atoms with Crippen LogP contribution in [0.3, 0.4) is 0 Å². The van der Waals surface area contributed by atoms with Crippen molar-refractivity contribution in [3.05, 3.63) is 82.3 Å². The summed E-state index contributed by atoms with van der Waals surface area (Å²) in [4.78, 5) is 30.5. The molecule has 6 heteroatoms. The monoisotopic (exact) mass is 405 g/mol. The quantitative estimate of drug-likeness (QED) is 0.602. The lowest BCUT2D eigenvalue weighted by Crippen LogP contribution is -2.32. The fourth-order valence-electron chi connectivity index (χ4n) is 3.84. The highest BCUT2D eigenvalue weighted by Crippen LogP contribution is 2.37. The fourth-order valence-corrected chi connectivity index (χ4v) is 4.71. The summed E-state index contributed by atoms with van der Waals surface area (Å²) in [6.45, 7) is 0. The minimum Gasteiger partial charge on any atom is -0.344 e. The smallest absolute Gasteiger partial charge is 0.257 e. The zero-order chi connectivity index (χ0) is 20.1. The number of rotatable bonds is 6. The highest BCUT2D eigenvalue weighted by Gasteiger charge is 2.28. The third-order valence-corrected chi connectivity index (χ3v) is 6.27. The van der Waals surface area contributed by atoms with Gasteiger partial charge in [-0.1, -0.05) is 25.0 Å². The summed E-state index contributed by atoms with van der Waals surface area (Å²) in [5.41, 5.74) is 1.59. The molecule has 2 aromatic heterocycles. The van der Waals surface area contributed by atoms with E-state index in [0.717, 1.165) is 12.8 Å². The molecule has 4 rings (SSSR count). The van der Waals surface area contributed by atoms with E-state index >= 15 is 0 Å². The number of hydrogen-bond acceptors (Lipinski definition) is 4. The number of carbonyl (C=O) groups excluding carboxylic acids is 2. The van der Waals surface area contributed by atoms with E-state index in [0.29, 0.717) is 22.7 Å². The molecule has 5 nitrogen and oxygen atoms in total. The maximum Gasteiger partial charge on any atom is 0.257 e. The van der Waals surface area contributed by atoms with Gasteiger partial charge in [-0.25, -0.2) is 0 Å². The van der Waals surface area contributed by atoms with Crippen LogP contribution in [0.15, 0.2) is 66.3 Å².